The van der Waals surface area contributed by atoms with Crippen molar-refractivity contribution in [3.63, 3.8) is 0 Å². The molecule has 3 heterocycles. The molecular weight excluding hydrogens is 308 g/mol. The van der Waals surface area contributed by atoms with Crippen LogP contribution in [0.5, 0.6) is 0 Å². The molecule has 5 nitrogen and oxygen atoms in total. The molecule has 0 unspecified atom stereocenters. The Morgan fingerprint density at radius 3 is 1.74 bits per heavy atom. The molecule has 108 valence electrons. The Hall–Kier alpha value is -3.35. The SMILES string of the molecule is O=c1c(C#Cc2cccnc2)nsnc1C#Cc1cccnc1. The Morgan fingerprint density at radius 2 is 1.30 bits per heavy atom. The molecule has 6 heteroatoms. The molecule has 0 radical (unpaired) electrons. The Morgan fingerprint density at radius 1 is 0.783 bits per heavy atom. The Labute approximate surface area is 136 Å². The first-order valence-electron chi connectivity index (χ1n) is 6.54. The van der Waals surface area contributed by atoms with E-state index in [4.69, 9.17) is 0 Å². The Bertz CT molecular complexity index is 914. The number of hydrogen-bond donors (Lipinski definition) is 0. The minimum atomic E-state index is -0.378. The average molecular weight is 316 g/mol. The first-order chi connectivity index (χ1) is 11.3. The third-order valence-electron chi connectivity index (χ3n) is 2.67. The largest absolute Gasteiger partial charge is 0.283 e. The maximum absolute atomic E-state index is 12.3. The van der Waals surface area contributed by atoms with Gasteiger partial charge in [-0.1, -0.05) is 11.8 Å². The van der Waals surface area contributed by atoms with Gasteiger partial charge in [-0.2, -0.15) is 8.75 Å². The van der Waals surface area contributed by atoms with E-state index in [0.29, 0.717) is 11.1 Å². The van der Waals surface area contributed by atoms with Crippen molar-refractivity contribution in [3.05, 3.63) is 81.8 Å². The maximum Gasteiger partial charge on any atom is 0.249 e. The van der Waals surface area contributed by atoms with E-state index in [1.54, 1.807) is 49.1 Å². The Kier molecular flexibility index (Phi) is 4.49. The molecule has 0 saturated heterocycles. The monoisotopic (exact) mass is 316 g/mol. The van der Waals surface area contributed by atoms with Crippen LogP contribution in [0.3, 0.4) is 0 Å². The summed E-state index contributed by atoms with van der Waals surface area (Å²) in [5.74, 6) is 11.2. The van der Waals surface area contributed by atoms with Gasteiger partial charge in [0.1, 0.15) is 0 Å². The van der Waals surface area contributed by atoms with Crippen LogP contribution in [0.15, 0.2) is 53.8 Å². The molecule has 0 aromatic carbocycles. The zero-order valence-electron chi connectivity index (χ0n) is 11.7. The van der Waals surface area contributed by atoms with Crippen LogP contribution in [0.2, 0.25) is 0 Å². The number of pyridine rings is 2. The summed E-state index contributed by atoms with van der Waals surface area (Å²) >= 11 is 0.904. The van der Waals surface area contributed by atoms with Crippen LogP contribution < -0.4 is 5.43 Å². The smallest absolute Gasteiger partial charge is 0.249 e. The normalized spacial score (nSPS) is 9.22. The molecule has 3 rings (SSSR count). The average Bonchev–Trinajstić information content (AvgIpc) is 2.61. The molecule has 0 aliphatic carbocycles. The van der Waals surface area contributed by atoms with Crippen molar-refractivity contribution >= 4 is 11.7 Å². The number of nitrogens with zero attached hydrogens (tertiary/aromatic N) is 4. The summed E-state index contributed by atoms with van der Waals surface area (Å²) < 4.78 is 7.91. The lowest BCUT2D eigenvalue weighted by atomic mass is 10.2. The topological polar surface area (TPSA) is 68.6 Å². The van der Waals surface area contributed by atoms with Gasteiger partial charge in [0, 0.05) is 35.9 Å². The molecule has 3 aromatic heterocycles. The van der Waals surface area contributed by atoms with Gasteiger partial charge < -0.3 is 0 Å². The Balaban J connectivity index is 1.93. The molecule has 3 aromatic rings. The predicted molar refractivity (Wildman–Crippen MR) is 86.6 cm³/mol. The number of aromatic nitrogens is 4. The van der Waals surface area contributed by atoms with Crippen LogP contribution >= 0.6 is 11.7 Å². The molecular formula is C17H8N4OS. The highest BCUT2D eigenvalue weighted by Crippen LogP contribution is 1.96. The highest BCUT2D eigenvalue weighted by Gasteiger charge is 2.04. The van der Waals surface area contributed by atoms with Gasteiger partial charge in [-0.25, -0.2) is 0 Å². The van der Waals surface area contributed by atoms with Gasteiger partial charge in [-0.3, -0.25) is 14.8 Å². The van der Waals surface area contributed by atoms with E-state index in [0.717, 1.165) is 11.7 Å². The van der Waals surface area contributed by atoms with Gasteiger partial charge >= 0.3 is 0 Å². The fraction of sp³-hybridized carbons (Fsp3) is 0. The summed E-state index contributed by atoms with van der Waals surface area (Å²) in [6.07, 6.45) is 6.54. The highest BCUT2D eigenvalue weighted by molar-refractivity contribution is 6.99. The van der Waals surface area contributed by atoms with Gasteiger partial charge in [0.05, 0.1) is 11.7 Å². The summed E-state index contributed by atoms with van der Waals surface area (Å²) in [5, 5.41) is 0. The molecule has 0 amide bonds. The molecule has 0 spiro atoms. The second kappa shape index (κ2) is 7.08. The van der Waals surface area contributed by atoms with Crippen molar-refractivity contribution in [2.45, 2.75) is 0 Å². The quantitative estimate of drug-likeness (QED) is 0.588. The summed E-state index contributed by atoms with van der Waals surface area (Å²) in [6.45, 7) is 0. The summed E-state index contributed by atoms with van der Waals surface area (Å²) in [7, 11) is 0. The maximum atomic E-state index is 12.3. The van der Waals surface area contributed by atoms with Crippen LogP contribution in [0.25, 0.3) is 0 Å². The van der Waals surface area contributed by atoms with Gasteiger partial charge in [0.15, 0.2) is 11.4 Å². The lowest BCUT2D eigenvalue weighted by Gasteiger charge is -1.90. The van der Waals surface area contributed by atoms with Crippen LogP contribution in [0.4, 0.5) is 0 Å². The molecule has 0 bridgehead atoms. The number of hydrogen-bond acceptors (Lipinski definition) is 6. The van der Waals surface area contributed by atoms with Crippen molar-refractivity contribution < 1.29 is 0 Å². The molecule has 0 N–H and O–H groups in total. The zero-order chi connectivity index (χ0) is 15.9. The van der Waals surface area contributed by atoms with Gasteiger partial charge in [-0.15, -0.1) is 0 Å². The second-order valence-corrected chi connectivity index (χ2v) is 4.80. The van der Waals surface area contributed by atoms with Crippen LogP contribution in [-0.4, -0.2) is 18.7 Å². The van der Waals surface area contributed by atoms with Gasteiger partial charge in [0.2, 0.25) is 5.43 Å². The lowest BCUT2D eigenvalue weighted by molar-refractivity contribution is 1.27. The van der Waals surface area contributed by atoms with E-state index < -0.39 is 0 Å². The zero-order valence-corrected chi connectivity index (χ0v) is 12.5. The van der Waals surface area contributed by atoms with E-state index in [1.807, 2.05) is 0 Å². The molecule has 0 aliphatic heterocycles. The van der Waals surface area contributed by atoms with E-state index in [9.17, 15) is 4.79 Å². The fourth-order valence-electron chi connectivity index (χ4n) is 1.59. The molecule has 0 fully saturated rings. The lowest BCUT2D eigenvalue weighted by Crippen LogP contribution is -2.12. The van der Waals surface area contributed by atoms with Gasteiger partial charge in [-0.05, 0) is 36.1 Å². The number of rotatable bonds is 0. The van der Waals surface area contributed by atoms with Crippen molar-refractivity contribution in [1.29, 1.82) is 0 Å². The van der Waals surface area contributed by atoms with E-state index in [1.165, 1.54) is 0 Å². The van der Waals surface area contributed by atoms with Crippen LogP contribution in [-0.2, 0) is 0 Å². The summed E-state index contributed by atoms with van der Waals surface area (Å²) in [6, 6.07) is 7.15. The van der Waals surface area contributed by atoms with Crippen LogP contribution in [0.1, 0.15) is 22.5 Å². The molecule has 0 aliphatic rings. The summed E-state index contributed by atoms with van der Waals surface area (Å²) in [4.78, 5) is 20.2. The second-order valence-electron chi connectivity index (χ2n) is 4.27. The van der Waals surface area contributed by atoms with Crippen LogP contribution in [0, 0.1) is 23.7 Å². The van der Waals surface area contributed by atoms with Crippen molar-refractivity contribution in [2.75, 3.05) is 0 Å². The van der Waals surface area contributed by atoms with E-state index >= 15 is 0 Å². The first kappa shape index (κ1) is 14.6. The van der Waals surface area contributed by atoms with Gasteiger partial charge in [0.25, 0.3) is 0 Å². The molecule has 23 heavy (non-hydrogen) atoms. The summed E-state index contributed by atoms with van der Waals surface area (Å²) in [5.41, 5.74) is 1.29. The third-order valence-corrected chi connectivity index (χ3v) is 3.20. The van der Waals surface area contributed by atoms with E-state index in [2.05, 4.69) is 42.4 Å². The van der Waals surface area contributed by atoms with E-state index in [-0.39, 0.29) is 16.8 Å². The van der Waals surface area contributed by atoms with Crippen molar-refractivity contribution in [2.24, 2.45) is 0 Å². The molecule has 0 atom stereocenters. The van der Waals surface area contributed by atoms with Crippen molar-refractivity contribution in [1.82, 2.24) is 18.7 Å². The predicted octanol–water partition coefficient (Wildman–Crippen LogP) is 1.49. The minimum absolute atomic E-state index is 0.129. The standard InChI is InChI=1S/C17H8N4OS/c22-17-15(7-5-13-3-1-9-18-11-13)20-23-21-16(17)8-6-14-4-2-10-19-12-14/h1-4,9-12H. The first-order valence-corrected chi connectivity index (χ1v) is 7.27. The fourth-order valence-corrected chi connectivity index (χ4v) is 2.05. The minimum Gasteiger partial charge on any atom is -0.283 e. The third kappa shape index (κ3) is 3.85. The highest BCUT2D eigenvalue weighted by atomic mass is 32.1. The van der Waals surface area contributed by atoms with Crippen molar-refractivity contribution in [3.8, 4) is 23.7 Å². The molecule has 0 saturated carbocycles.